The number of benzene rings is 1. The molecule has 1 saturated heterocycles. The van der Waals surface area contributed by atoms with Gasteiger partial charge in [0.1, 0.15) is 5.82 Å². The van der Waals surface area contributed by atoms with Crippen molar-refractivity contribution >= 4 is 29.4 Å². The number of hydrogen-bond acceptors (Lipinski definition) is 4. The molecule has 0 saturated carbocycles. The van der Waals surface area contributed by atoms with E-state index in [9.17, 15) is 9.59 Å². The highest BCUT2D eigenvalue weighted by molar-refractivity contribution is 6.31. The Kier molecular flexibility index (Phi) is 6.71. The number of aromatic nitrogens is 1. The van der Waals surface area contributed by atoms with Crippen molar-refractivity contribution in [2.75, 3.05) is 25.0 Å². The van der Waals surface area contributed by atoms with Crippen molar-refractivity contribution in [3.8, 4) is 0 Å². The predicted octanol–water partition coefficient (Wildman–Crippen LogP) is 3.47. The number of carboxylic acid groups (broad SMARTS) is 1. The fourth-order valence-electron chi connectivity index (χ4n) is 3.16. The summed E-state index contributed by atoms with van der Waals surface area (Å²) in [6.07, 6.45) is 2.23. The SMILES string of the molecule is O=C(NCC1CCN(C(=O)O)CC1)c1ccnc(NCc2ccccc2Cl)c1. The van der Waals surface area contributed by atoms with Crippen LogP contribution in [0.3, 0.4) is 0 Å². The van der Waals surface area contributed by atoms with Crippen LogP contribution >= 0.6 is 11.6 Å². The summed E-state index contributed by atoms with van der Waals surface area (Å²) in [6.45, 7) is 2.08. The van der Waals surface area contributed by atoms with E-state index in [2.05, 4.69) is 15.6 Å². The van der Waals surface area contributed by atoms with Crippen LogP contribution in [0.2, 0.25) is 5.02 Å². The number of carbonyl (C=O) groups is 2. The molecule has 0 bridgehead atoms. The molecule has 1 aromatic carbocycles. The molecule has 0 unspecified atom stereocenters. The van der Waals surface area contributed by atoms with E-state index in [4.69, 9.17) is 16.7 Å². The Labute approximate surface area is 168 Å². The minimum atomic E-state index is -0.879. The number of amides is 2. The van der Waals surface area contributed by atoms with Gasteiger partial charge in [-0.05, 0) is 42.5 Å². The molecular weight excluding hydrogens is 380 g/mol. The molecule has 1 aromatic heterocycles. The van der Waals surface area contributed by atoms with E-state index in [1.807, 2.05) is 24.3 Å². The van der Waals surface area contributed by atoms with Gasteiger partial charge < -0.3 is 20.6 Å². The number of nitrogens with one attached hydrogen (secondary N) is 2. The van der Waals surface area contributed by atoms with Crippen LogP contribution in [-0.4, -0.2) is 46.6 Å². The van der Waals surface area contributed by atoms with E-state index in [-0.39, 0.29) is 5.91 Å². The first-order valence-corrected chi connectivity index (χ1v) is 9.60. The highest BCUT2D eigenvalue weighted by Crippen LogP contribution is 2.18. The molecule has 3 N–H and O–H groups in total. The number of halogens is 1. The molecule has 2 heterocycles. The third kappa shape index (κ3) is 5.36. The smallest absolute Gasteiger partial charge is 0.407 e. The highest BCUT2D eigenvalue weighted by atomic mass is 35.5. The van der Waals surface area contributed by atoms with Gasteiger partial charge in [-0.1, -0.05) is 29.8 Å². The number of hydrogen-bond donors (Lipinski definition) is 3. The summed E-state index contributed by atoms with van der Waals surface area (Å²) in [4.78, 5) is 29.1. The van der Waals surface area contributed by atoms with E-state index in [0.29, 0.717) is 48.5 Å². The Hall–Kier alpha value is -2.80. The molecule has 7 nitrogen and oxygen atoms in total. The molecule has 3 rings (SSSR count). The second-order valence-corrected chi connectivity index (χ2v) is 7.20. The van der Waals surface area contributed by atoms with E-state index in [1.165, 1.54) is 4.90 Å². The lowest BCUT2D eigenvalue weighted by molar-refractivity contribution is 0.0928. The van der Waals surface area contributed by atoms with E-state index in [1.54, 1.807) is 18.3 Å². The van der Waals surface area contributed by atoms with Gasteiger partial charge >= 0.3 is 6.09 Å². The summed E-state index contributed by atoms with van der Waals surface area (Å²) in [6, 6.07) is 10.9. The number of nitrogens with zero attached hydrogens (tertiary/aromatic N) is 2. The van der Waals surface area contributed by atoms with Gasteiger partial charge in [-0.15, -0.1) is 0 Å². The zero-order chi connectivity index (χ0) is 19.9. The monoisotopic (exact) mass is 402 g/mol. The van der Waals surface area contributed by atoms with Gasteiger partial charge in [0.05, 0.1) is 0 Å². The fourth-order valence-corrected chi connectivity index (χ4v) is 3.37. The molecule has 0 radical (unpaired) electrons. The quantitative estimate of drug-likeness (QED) is 0.687. The molecule has 1 aliphatic heterocycles. The van der Waals surface area contributed by atoms with Gasteiger partial charge in [0.15, 0.2) is 0 Å². The summed E-state index contributed by atoms with van der Waals surface area (Å²) in [7, 11) is 0. The van der Waals surface area contributed by atoms with Crippen molar-refractivity contribution in [3.05, 3.63) is 58.7 Å². The zero-order valence-corrected chi connectivity index (χ0v) is 16.2. The maximum atomic E-state index is 12.4. The van der Waals surface area contributed by atoms with Crippen LogP contribution in [0, 0.1) is 5.92 Å². The Balaban J connectivity index is 1.50. The van der Waals surface area contributed by atoms with Crippen molar-refractivity contribution in [2.45, 2.75) is 19.4 Å². The van der Waals surface area contributed by atoms with Crippen LogP contribution in [0.25, 0.3) is 0 Å². The predicted molar refractivity (Wildman–Crippen MR) is 108 cm³/mol. The first-order valence-electron chi connectivity index (χ1n) is 9.22. The lowest BCUT2D eigenvalue weighted by Gasteiger charge is -2.29. The molecule has 2 amide bonds. The summed E-state index contributed by atoms with van der Waals surface area (Å²) in [5.41, 5.74) is 1.48. The Bertz CT molecular complexity index is 838. The molecular formula is C20H23ClN4O3. The zero-order valence-electron chi connectivity index (χ0n) is 15.4. The van der Waals surface area contributed by atoms with Gasteiger partial charge in [0.2, 0.25) is 0 Å². The van der Waals surface area contributed by atoms with E-state index in [0.717, 1.165) is 18.4 Å². The average Bonchev–Trinajstić information content (AvgIpc) is 2.72. The Morgan fingerprint density at radius 2 is 1.96 bits per heavy atom. The van der Waals surface area contributed by atoms with Crippen LogP contribution < -0.4 is 10.6 Å². The van der Waals surface area contributed by atoms with Crippen LogP contribution in [0.1, 0.15) is 28.8 Å². The van der Waals surface area contributed by atoms with Crippen molar-refractivity contribution in [3.63, 3.8) is 0 Å². The number of anilines is 1. The Morgan fingerprint density at radius 1 is 1.21 bits per heavy atom. The molecule has 1 fully saturated rings. The topological polar surface area (TPSA) is 94.6 Å². The number of rotatable bonds is 6. The van der Waals surface area contributed by atoms with Crippen molar-refractivity contribution in [1.82, 2.24) is 15.2 Å². The number of carbonyl (C=O) groups excluding carboxylic acids is 1. The normalized spacial score (nSPS) is 14.5. The van der Waals surface area contributed by atoms with Crippen LogP contribution in [0.5, 0.6) is 0 Å². The molecule has 0 spiro atoms. The third-order valence-electron chi connectivity index (χ3n) is 4.88. The maximum absolute atomic E-state index is 12.4. The number of pyridine rings is 1. The molecule has 28 heavy (non-hydrogen) atoms. The molecule has 2 aromatic rings. The van der Waals surface area contributed by atoms with Gasteiger partial charge in [-0.2, -0.15) is 0 Å². The summed E-state index contributed by atoms with van der Waals surface area (Å²) >= 11 is 6.15. The van der Waals surface area contributed by atoms with Gasteiger partial charge in [-0.25, -0.2) is 9.78 Å². The molecule has 148 valence electrons. The van der Waals surface area contributed by atoms with Crippen LogP contribution in [0.15, 0.2) is 42.6 Å². The van der Waals surface area contributed by atoms with Crippen LogP contribution in [0.4, 0.5) is 10.6 Å². The van der Waals surface area contributed by atoms with E-state index >= 15 is 0 Å². The van der Waals surface area contributed by atoms with Crippen molar-refractivity contribution < 1.29 is 14.7 Å². The van der Waals surface area contributed by atoms with Gasteiger partial charge in [0.25, 0.3) is 5.91 Å². The van der Waals surface area contributed by atoms with Crippen molar-refractivity contribution in [1.29, 1.82) is 0 Å². The molecule has 8 heteroatoms. The van der Waals surface area contributed by atoms with Crippen LogP contribution in [-0.2, 0) is 6.54 Å². The Morgan fingerprint density at radius 3 is 2.68 bits per heavy atom. The number of piperidine rings is 1. The molecule has 1 aliphatic rings. The molecule has 0 aliphatic carbocycles. The minimum absolute atomic E-state index is 0.163. The minimum Gasteiger partial charge on any atom is -0.465 e. The lowest BCUT2D eigenvalue weighted by Crippen LogP contribution is -2.40. The highest BCUT2D eigenvalue weighted by Gasteiger charge is 2.22. The first-order chi connectivity index (χ1) is 13.5. The second kappa shape index (κ2) is 9.41. The summed E-state index contributed by atoms with van der Waals surface area (Å²) in [5, 5.41) is 15.8. The first kappa shape index (κ1) is 19.9. The fraction of sp³-hybridized carbons (Fsp3) is 0.350. The summed E-state index contributed by atoms with van der Waals surface area (Å²) < 4.78 is 0. The van der Waals surface area contributed by atoms with E-state index < -0.39 is 6.09 Å². The average molecular weight is 403 g/mol. The largest absolute Gasteiger partial charge is 0.465 e. The standard InChI is InChI=1S/C20H23ClN4O3/c21-17-4-2-1-3-16(17)13-23-18-11-15(5-8-22-18)19(26)24-12-14-6-9-25(10-7-14)20(27)28/h1-5,8,11,14H,6-7,9-10,12-13H2,(H,22,23)(H,24,26)(H,27,28). The lowest BCUT2D eigenvalue weighted by atomic mass is 9.97. The number of likely N-dealkylation sites (tertiary alicyclic amines) is 1. The van der Waals surface area contributed by atoms with Gasteiger partial charge in [-0.3, -0.25) is 4.79 Å². The summed E-state index contributed by atoms with van der Waals surface area (Å²) in [5.74, 6) is 0.727. The maximum Gasteiger partial charge on any atom is 0.407 e. The van der Waals surface area contributed by atoms with Crippen molar-refractivity contribution in [2.24, 2.45) is 5.92 Å². The third-order valence-corrected chi connectivity index (χ3v) is 5.24. The second-order valence-electron chi connectivity index (χ2n) is 6.80. The molecule has 0 atom stereocenters. The van der Waals surface area contributed by atoms with Gasteiger partial charge in [0, 0.05) is 43.0 Å².